The van der Waals surface area contributed by atoms with Gasteiger partial charge in [-0.25, -0.2) is 9.67 Å². The highest BCUT2D eigenvalue weighted by Gasteiger charge is 2.23. The smallest absolute Gasteiger partial charge is 0.150 e. The highest BCUT2D eigenvalue weighted by molar-refractivity contribution is 6.34. The Morgan fingerprint density at radius 3 is 2.95 bits per heavy atom. The molecular weight excluding hydrogens is 262 g/mol. The zero-order valence-electron chi connectivity index (χ0n) is 11.3. The monoisotopic (exact) mass is 279 g/mol. The molecule has 1 aliphatic rings. The molecule has 3 rings (SSSR count). The zero-order valence-corrected chi connectivity index (χ0v) is 12.0. The van der Waals surface area contributed by atoms with Gasteiger partial charge in [-0.05, 0) is 31.2 Å². The van der Waals surface area contributed by atoms with Gasteiger partial charge in [0.1, 0.15) is 5.15 Å². The first-order valence-electron chi connectivity index (χ1n) is 6.82. The van der Waals surface area contributed by atoms with Crippen molar-refractivity contribution in [1.82, 2.24) is 14.8 Å². The lowest BCUT2D eigenvalue weighted by molar-refractivity contribution is -0.0369. The number of nitrogens with zero attached hydrogens (tertiary/aromatic N) is 3. The summed E-state index contributed by atoms with van der Waals surface area (Å²) in [5.41, 5.74) is 2.03. The lowest BCUT2D eigenvalue weighted by Crippen LogP contribution is -2.19. The van der Waals surface area contributed by atoms with Crippen LogP contribution in [-0.4, -0.2) is 21.4 Å². The molecule has 0 radical (unpaired) electrons. The van der Waals surface area contributed by atoms with Crippen molar-refractivity contribution in [2.45, 2.75) is 45.3 Å². The highest BCUT2D eigenvalue weighted by atomic mass is 35.5. The Bertz CT molecular complexity index is 588. The van der Waals surface area contributed by atoms with E-state index in [2.05, 4.69) is 18.8 Å². The molecule has 1 aliphatic heterocycles. The molecular formula is C14H18ClN3O. The summed E-state index contributed by atoms with van der Waals surface area (Å²) in [5, 5.41) is 6.24. The van der Waals surface area contributed by atoms with E-state index in [1.54, 1.807) is 6.20 Å². The Hall–Kier alpha value is -1.13. The fraction of sp³-hybridized carbons (Fsp3) is 0.571. The van der Waals surface area contributed by atoms with E-state index in [0.29, 0.717) is 11.1 Å². The lowest BCUT2D eigenvalue weighted by atomic mass is 10.1. The summed E-state index contributed by atoms with van der Waals surface area (Å²) in [4.78, 5) is 4.18. The minimum atomic E-state index is 0.0298. The molecule has 0 amide bonds. The fourth-order valence-electron chi connectivity index (χ4n) is 2.61. The number of rotatable bonds is 2. The van der Waals surface area contributed by atoms with Crippen molar-refractivity contribution >= 4 is 22.5 Å². The van der Waals surface area contributed by atoms with Gasteiger partial charge in [0.05, 0.1) is 16.6 Å². The number of halogens is 1. The maximum atomic E-state index is 6.25. The standard InChI is InChI=1S/C14H18ClN3O/c1-9(2)13-12-10(6-7-16-14(12)15)18(17-13)11-5-3-4-8-19-11/h6-7,9,11H,3-5,8H2,1-2H3. The molecule has 0 aromatic carbocycles. The summed E-state index contributed by atoms with van der Waals surface area (Å²) in [5.74, 6) is 0.314. The van der Waals surface area contributed by atoms with Crippen molar-refractivity contribution in [2.75, 3.05) is 6.61 Å². The number of hydrogen-bond donors (Lipinski definition) is 0. The molecule has 102 valence electrons. The topological polar surface area (TPSA) is 39.9 Å². The summed E-state index contributed by atoms with van der Waals surface area (Å²) < 4.78 is 7.83. The number of hydrogen-bond acceptors (Lipinski definition) is 3. The quantitative estimate of drug-likeness (QED) is 0.783. The average Bonchev–Trinajstić information content (AvgIpc) is 2.81. The summed E-state index contributed by atoms with van der Waals surface area (Å²) in [6.07, 6.45) is 5.09. The van der Waals surface area contributed by atoms with E-state index >= 15 is 0 Å². The van der Waals surface area contributed by atoms with E-state index < -0.39 is 0 Å². The molecule has 0 aliphatic carbocycles. The van der Waals surface area contributed by atoms with Gasteiger partial charge < -0.3 is 4.74 Å². The molecule has 0 spiro atoms. The largest absolute Gasteiger partial charge is 0.356 e. The van der Waals surface area contributed by atoms with Gasteiger partial charge in [-0.2, -0.15) is 5.10 Å². The van der Waals surface area contributed by atoms with E-state index in [0.717, 1.165) is 36.0 Å². The van der Waals surface area contributed by atoms with Crippen LogP contribution < -0.4 is 0 Å². The summed E-state index contributed by atoms with van der Waals surface area (Å²) in [7, 11) is 0. The summed E-state index contributed by atoms with van der Waals surface area (Å²) in [6, 6.07) is 1.97. The molecule has 1 fully saturated rings. The predicted molar refractivity (Wildman–Crippen MR) is 75.5 cm³/mol. The molecule has 5 heteroatoms. The van der Waals surface area contributed by atoms with Gasteiger partial charge in [-0.1, -0.05) is 25.4 Å². The maximum Gasteiger partial charge on any atom is 0.150 e. The molecule has 19 heavy (non-hydrogen) atoms. The molecule has 1 saturated heterocycles. The van der Waals surface area contributed by atoms with Crippen molar-refractivity contribution in [3.8, 4) is 0 Å². The van der Waals surface area contributed by atoms with Crippen LogP contribution in [0.1, 0.15) is 50.9 Å². The summed E-state index contributed by atoms with van der Waals surface area (Å²) >= 11 is 6.25. The number of aromatic nitrogens is 3. The van der Waals surface area contributed by atoms with Crippen LogP contribution in [0.5, 0.6) is 0 Å². The fourth-order valence-corrected chi connectivity index (χ4v) is 2.86. The van der Waals surface area contributed by atoms with Crippen molar-refractivity contribution < 1.29 is 4.74 Å². The van der Waals surface area contributed by atoms with Crippen molar-refractivity contribution in [3.63, 3.8) is 0 Å². The average molecular weight is 280 g/mol. The van der Waals surface area contributed by atoms with Crippen LogP contribution in [0.15, 0.2) is 12.3 Å². The Morgan fingerprint density at radius 2 is 2.26 bits per heavy atom. The van der Waals surface area contributed by atoms with E-state index in [1.165, 1.54) is 6.42 Å². The van der Waals surface area contributed by atoms with Crippen LogP contribution in [-0.2, 0) is 4.74 Å². The minimum Gasteiger partial charge on any atom is -0.356 e. The third-order valence-electron chi connectivity index (χ3n) is 3.58. The van der Waals surface area contributed by atoms with Gasteiger partial charge in [0.15, 0.2) is 6.23 Å². The van der Waals surface area contributed by atoms with Gasteiger partial charge >= 0.3 is 0 Å². The van der Waals surface area contributed by atoms with Crippen molar-refractivity contribution in [2.24, 2.45) is 0 Å². The Kier molecular flexibility index (Phi) is 3.46. The SMILES string of the molecule is CC(C)c1nn(C2CCCCO2)c2ccnc(Cl)c12. The van der Waals surface area contributed by atoms with E-state index in [1.807, 2.05) is 10.7 Å². The minimum absolute atomic E-state index is 0.0298. The van der Waals surface area contributed by atoms with E-state index in [-0.39, 0.29) is 6.23 Å². The number of fused-ring (bicyclic) bond motifs is 1. The third kappa shape index (κ3) is 2.23. The molecule has 2 aromatic rings. The molecule has 3 heterocycles. The molecule has 1 atom stereocenters. The van der Waals surface area contributed by atoms with Gasteiger partial charge in [-0.3, -0.25) is 0 Å². The first kappa shape index (κ1) is 12.9. The Labute approximate surface area is 117 Å². The van der Waals surface area contributed by atoms with Crippen molar-refractivity contribution in [1.29, 1.82) is 0 Å². The van der Waals surface area contributed by atoms with Crippen molar-refractivity contribution in [3.05, 3.63) is 23.1 Å². The second kappa shape index (κ2) is 5.10. The first-order valence-corrected chi connectivity index (χ1v) is 7.20. The normalized spacial score (nSPS) is 20.3. The first-order chi connectivity index (χ1) is 9.18. The number of ether oxygens (including phenoxy) is 1. The van der Waals surface area contributed by atoms with Gasteiger partial charge in [0.2, 0.25) is 0 Å². The third-order valence-corrected chi connectivity index (χ3v) is 3.86. The van der Waals surface area contributed by atoms with Crippen LogP contribution in [0.2, 0.25) is 5.15 Å². The lowest BCUT2D eigenvalue weighted by Gasteiger charge is -2.23. The van der Waals surface area contributed by atoms with E-state index in [4.69, 9.17) is 21.4 Å². The van der Waals surface area contributed by atoms with Crippen LogP contribution in [0.4, 0.5) is 0 Å². The van der Waals surface area contributed by atoms with Crippen LogP contribution in [0.3, 0.4) is 0 Å². The van der Waals surface area contributed by atoms with Crippen LogP contribution in [0, 0.1) is 0 Å². The molecule has 0 bridgehead atoms. The molecule has 1 unspecified atom stereocenters. The molecule has 0 N–H and O–H groups in total. The van der Waals surface area contributed by atoms with Crippen LogP contribution in [0.25, 0.3) is 10.9 Å². The summed E-state index contributed by atoms with van der Waals surface area (Å²) in [6.45, 7) is 5.05. The molecule has 0 saturated carbocycles. The predicted octanol–water partition coefficient (Wildman–Crippen LogP) is 3.91. The number of pyridine rings is 1. The Balaban J connectivity index is 2.16. The van der Waals surface area contributed by atoms with E-state index in [9.17, 15) is 0 Å². The van der Waals surface area contributed by atoms with Gasteiger partial charge in [0, 0.05) is 12.8 Å². The molecule has 4 nitrogen and oxygen atoms in total. The zero-order chi connectivity index (χ0) is 13.4. The van der Waals surface area contributed by atoms with Gasteiger partial charge in [0.25, 0.3) is 0 Å². The second-order valence-electron chi connectivity index (χ2n) is 5.30. The second-order valence-corrected chi connectivity index (χ2v) is 5.66. The molecule has 2 aromatic heterocycles. The maximum absolute atomic E-state index is 6.25. The highest BCUT2D eigenvalue weighted by Crippen LogP contribution is 2.33. The van der Waals surface area contributed by atoms with Crippen LogP contribution >= 0.6 is 11.6 Å². The van der Waals surface area contributed by atoms with Gasteiger partial charge in [-0.15, -0.1) is 0 Å². The Morgan fingerprint density at radius 1 is 1.42 bits per heavy atom.